The van der Waals surface area contributed by atoms with Crippen molar-refractivity contribution in [1.82, 2.24) is 0 Å². The molecule has 0 saturated heterocycles. The highest BCUT2D eigenvalue weighted by Gasteiger charge is 2.18. The number of hydrogen-bond acceptors (Lipinski definition) is 3. The molecule has 0 aliphatic heterocycles. The zero-order valence-electron chi connectivity index (χ0n) is 16.7. The molecule has 0 amide bonds. The van der Waals surface area contributed by atoms with Gasteiger partial charge >= 0.3 is 0 Å². The minimum atomic E-state index is 0.307. The standard InChI is InChI=1S/C24H27NO3/c1-26-22-16-24(28-3)23(27-2)15-20(22)17-25-21(19-12-8-5-9-13-19)14-18-10-6-4-7-11-18/h4-13,15-16,21,25H,14,17H2,1-3H3/p+1/t21-/m0/s1. The molecule has 4 nitrogen and oxygen atoms in total. The fourth-order valence-electron chi connectivity index (χ4n) is 3.43. The largest absolute Gasteiger partial charge is 0.496 e. The summed E-state index contributed by atoms with van der Waals surface area (Å²) in [6.45, 7) is 0.774. The number of ether oxygens (including phenoxy) is 3. The smallest absolute Gasteiger partial charge is 0.164 e. The summed E-state index contributed by atoms with van der Waals surface area (Å²) < 4.78 is 16.4. The summed E-state index contributed by atoms with van der Waals surface area (Å²) in [5, 5.41) is 2.35. The van der Waals surface area contributed by atoms with E-state index in [2.05, 4.69) is 66.0 Å². The Kier molecular flexibility index (Phi) is 6.93. The van der Waals surface area contributed by atoms with Gasteiger partial charge in [-0.2, -0.15) is 0 Å². The Labute approximate surface area is 167 Å². The molecule has 0 spiro atoms. The van der Waals surface area contributed by atoms with E-state index in [1.165, 1.54) is 11.1 Å². The molecule has 0 aliphatic rings. The van der Waals surface area contributed by atoms with Gasteiger partial charge in [0, 0.05) is 18.1 Å². The molecule has 3 aromatic rings. The van der Waals surface area contributed by atoms with Crippen molar-refractivity contribution in [2.75, 3.05) is 21.3 Å². The van der Waals surface area contributed by atoms with Crippen molar-refractivity contribution >= 4 is 0 Å². The molecule has 28 heavy (non-hydrogen) atoms. The van der Waals surface area contributed by atoms with Crippen molar-refractivity contribution < 1.29 is 19.5 Å². The molecule has 0 saturated carbocycles. The Balaban J connectivity index is 1.83. The van der Waals surface area contributed by atoms with E-state index in [9.17, 15) is 0 Å². The molecule has 0 unspecified atom stereocenters. The monoisotopic (exact) mass is 378 g/mol. The first kappa shape index (κ1) is 19.8. The third-order valence-corrected chi connectivity index (χ3v) is 4.94. The Morgan fingerprint density at radius 3 is 1.89 bits per heavy atom. The lowest BCUT2D eigenvalue weighted by molar-refractivity contribution is -0.711. The summed E-state index contributed by atoms with van der Waals surface area (Å²) in [4.78, 5) is 0. The molecule has 3 aromatic carbocycles. The second kappa shape index (κ2) is 9.81. The van der Waals surface area contributed by atoms with Gasteiger partial charge in [0.1, 0.15) is 18.3 Å². The van der Waals surface area contributed by atoms with Crippen LogP contribution in [0.5, 0.6) is 17.2 Å². The first-order valence-corrected chi connectivity index (χ1v) is 9.46. The van der Waals surface area contributed by atoms with Gasteiger partial charge in [-0.25, -0.2) is 0 Å². The second-order valence-corrected chi connectivity index (χ2v) is 6.67. The minimum Gasteiger partial charge on any atom is -0.496 e. The third kappa shape index (κ3) is 4.84. The first-order valence-electron chi connectivity index (χ1n) is 9.46. The average Bonchev–Trinajstić information content (AvgIpc) is 2.77. The van der Waals surface area contributed by atoms with E-state index in [0.717, 1.165) is 24.3 Å². The Hall–Kier alpha value is -2.98. The number of quaternary nitrogens is 1. The van der Waals surface area contributed by atoms with Crippen LogP contribution in [0, 0.1) is 0 Å². The molecule has 0 heterocycles. The summed E-state index contributed by atoms with van der Waals surface area (Å²) in [5.41, 5.74) is 3.71. The summed E-state index contributed by atoms with van der Waals surface area (Å²) in [6, 6.07) is 25.4. The van der Waals surface area contributed by atoms with Crippen molar-refractivity contribution in [3.05, 3.63) is 89.5 Å². The van der Waals surface area contributed by atoms with Gasteiger partial charge in [-0.1, -0.05) is 60.7 Å². The van der Waals surface area contributed by atoms with Gasteiger partial charge in [0.05, 0.1) is 26.9 Å². The van der Waals surface area contributed by atoms with Gasteiger partial charge in [-0.05, 0) is 11.6 Å². The van der Waals surface area contributed by atoms with E-state index in [1.54, 1.807) is 21.3 Å². The van der Waals surface area contributed by atoms with Crippen LogP contribution in [-0.4, -0.2) is 21.3 Å². The maximum absolute atomic E-state index is 5.59. The fraction of sp³-hybridized carbons (Fsp3) is 0.250. The summed E-state index contributed by atoms with van der Waals surface area (Å²) >= 11 is 0. The fourth-order valence-corrected chi connectivity index (χ4v) is 3.43. The molecule has 0 aliphatic carbocycles. The number of rotatable bonds is 9. The molecule has 0 fully saturated rings. The quantitative estimate of drug-likeness (QED) is 0.617. The van der Waals surface area contributed by atoms with Gasteiger partial charge < -0.3 is 19.5 Å². The molecule has 4 heteroatoms. The molecule has 1 atom stereocenters. The van der Waals surface area contributed by atoms with Crippen molar-refractivity contribution in [2.24, 2.45) is 0 Å². The highest BCUT2D eigenvalue weighted by Crippen LogP contribution is 2.34. The summed E-state index contributed by atoms with van der Waals surface area (Å²) in [5.74, 6) is 2.19. The van der Waals surface area contributed by atoms with E-state index in [4.69, 9.17) is 14.2 Å². The van der Waals surface area contributed by atoms with Crippen molar-refractivity contribution in [2.45, 2.75) is 19.0 Å². The van der Waals surface area contributed by atoms with Crippen LogP contribution in [0.3, 0.4) is 0 Å². The van der Waals surface area contributed by atoms with Crippen LogP contribution < -0.4 is 19.5 Å². The number of nitrogens with two attached hydrogens (primary N) is 1. The lowest BCUT2D eigenvalue weighted by Gasteiger charge is -2.18. The Morgan fingerprint density at radius 2 is 1.29 bits per heavy atom. The predicted molar refractivity (Wildman–Crippen MR) is 111 cm³/mol. The average molecular weight is 378 g/mol. The lowest BCUT2D eigenvalue weighted by atomic mass is 9.98. The zero-order valence-corrected chi connectivity index (χ0v) is 16.7. The predicted octanol–water partition coefficient (Wildman–Crippen LogP) is 3.76. The van der Waals surface area contributed by atoms with E-state index in [0.29, 0.717) is 17.5 Å². The molecule has 146 valence electrons. The number of hydrogen-bond donors (Lipinski definition) is 1. The van der Waals surface area contributed by atoms with Crippen molar-refractivity contribution in [3.63, 3.8) is 0 Å². The second-order valence-electron chi connectivity index (χ2n) is 6.67. The van der Waals surface area contributed by atoms with Gasteiger partial charge in [-0.15, -0.1) is 0 Å². The van der Waals surface area contributed by atoms with Crippen LogP contribution in [0.4, 0.5) is 0 Å². The van der Waals surface area contributed by atoms with Crippen LogP contribution in [0.25, 0.3) is 0 Å². The molecule has 0 aromatic heterocycles. The van der Waals surface area contributed by atoms with Crippen LogP contribution >= 0.6 is 0 Å². The maximum Gasteiger partial charge on any atom is 0.164 e. The summed E-state index contributed by atoms with van der Waals surface area (Å²) in [7, 11) is 4.97. The van der Waals surface area contributed by atoms with Crippen molar-refractivity contribution in [1.29, 1.82) is 0 Å². The van der Waals surface area contributed by atoms with Gasteiger partial charge in [-0.3, -0.25) is 0 Å². The Morgan fingerprint density at radius 1 is 0.714 bits per heavy atom. The van der Waals surface area contributed by atoms with E-state index in [1.807, 2.05) is 12.1 Å². The SMILES string of the molecule is COc1cc(OC)c(OC)cc1C[NH2+][C@@H](Cc1ccccc1)c1ccccc1. The number of benzene rings is 3. The normalized spacial score (nSPS) is 11.7. The van der Waals surface area contributed by atoms with Gasteiger partial charge in [0.2, 0.25) is 0 Å². The lowest BCUT2D eigenvalue weighted by Crippen LogP contribution is -2.84. The molecular formula is C24H28NO3+. The topological polar surface area (TPSA) is 44.3 Å². The van der Waals surface area contributed by atoms with E-state index in [-0.39, 0.29) is 0 Å². The third-order valence-electron chi connectivity index (χ3n) is 4.94. The van der Waals surface area contributed by atoms with E-state index >= 15 is 0 Å². The Bertz CT molecular complexity index is 866. The first-order chi connectivity index (χ1) is 13.7. The minimum absolute atomic E-state index is 0.307. The molecule has 0 bridgehead atoms. The highest BCUT2D eigenvalue weighted by atomic mass is 16.5. The number of methoxy groups -OCH3 is 3. The van der Waals surface area contributed by atoms with Crippen LogP contribution in [0.15, 0.2) is 72.8 Å². The van der Waals surface area contributed by atoms with E-state index < -0.39 is 0 Å². The van der Waals surface area contributed by atoms with Crippen LogP contribution in [-0.2, 0) is 13.0 Å². The molecular weight excluding hydrogens is 350 g/mol. The van der Waals surface area contributed by atoms with Crippen LogP contribution in [0.2, 0.25) is 0 Å². The van der Waals surface area contributed by atoms with Gasteiger partial charge in [0.25, 0.3) is 0 Å². The maximum atomic E-state index is 5.59. The zero-order chi connectivity index (χ0) is 19.8. The van der Waals surface area contributed by atoms with Gasteiger partial charge in [0.15, 0.2) is 11.5 Å². The molecule has 2 N–H and O–H groups in total. The van der Waals surface area contributed by atoms with Crippen molar-refractivity contribution in [3.8, 4) is 17.2 Å². The molecule has 3 rings (SSSR count). The highest BCUT2D eigenvalue weighted by molar-refractivity contribution is 5.50. The summed E-state index contributed by atoms with van der Waals surface area (Å²) in [6.07, 6.45) is 0.959. The molecule has 0 radical (unpaired) electrons. The van der Waals surface area contributed by atoms with Crippen LogP contribution in [0.1, 0.15) is 22.7 Å².